The number of hydrogen-bond donors (Lipinski definition) is 1. The molecule has 1 fully saturated rings. The Hall–Kier alpha value is -0.220. The number of rotatable bonds is 2. The maximum Gasteiger partial charge on any atom is 0.232 e. The van der Waals surface area contributed by atoms with Crippen LogP contribution in [-0.4, -0.2) is 45.1 Å². The fourth-order valence-corrected chi connectivity index (χ4v) is 2.62. The van der Waals surface area contributed by atoms with Crippen LogP contribution in [0.25, 0.3) is 0 Å². The lowest BCUT2D eigenvalue weighted by atomic mass is 9.98. The van der Waals surface area contributed by atoms with Gasteiger partial charge in [0, 0.05) is 17.8 Å². The SMILES string of the molecule is CC1(O)CCCN(C(=O)CSC(C)(C)C)CC1. The van der Waals surface area contributed by atoms with Gasteiger partial charge in [-0.05, 0) is 26.2 Å². The lowest BCUT2D eigenvalue weighted by Crippen LogP contribution is -2.35. The zero-order valence-corrected chi connectivity index (χ0v) is 12.3. The van der Waals surface area contributed by atoms with Gasteiger partial charge in [-0.15, -0.1) is 11.8 Å². The summed E-state index contributed by atoms with van der Waals surface area (Å²) in [6.45, 7) is 9.72. The molecule has 1 saturated heterocycles. The molecule has 1 unspecified atom stereocenters. The molecule has 0 spiro atoms. The summed E-state index contributed by atoms with van der Waals surface area (Å²) in [6, 6.07) is 0. The van der Waals surface area contributed by atoms with Crippen LogP contribution in [0.2, 0.25) is 0 Å². The van der Waals surface area contributed by atoms with Crippen LogP contribution in [0, 0.1) is 0 Å². The van der Waals surface area contributed by atoms with E-state index >= 15 is 0 Å². The second-order valence-electron chi connectivity index (χ2n) is 6.13. The van der Waals surface area contributed by atoms with E-state index in [9.17, 15) is 9.90 Å². The zero-order valence-electron chi connectivity index (χ0n) is 11.5. The summed E-state index contributed by atoms with van der Waals surface area (Å²) in [5.41, 5.74) is -0.591. The van der Waals surface area contributed by atoms with Gasteiger partial charge in [0.15, 0.2) is 0 Å². The van der Waals surface area contributed by atoms with Crippen LogP contribution >= 0.6 is 11.8 Å². The van der Waals surface area contributed by atoms with Crippen LogP contribution < -0.4 is 0 Å². The van der Waals surface area contributed by atoms with Crippen molar-refractivity contribution in [3.05, 3.63) is 0 Å². The molecule has 0 radical (unpaired) electrons. The predicted octanol–water partition coefficient (Wildman–Crippen LogP) is 2.28. The Morgan fingerprint density at radius 1 is 1.35 bits per heavy atom. The Labute approximate surface area is 109 Å². The van der Waals surface area contributed by atoms with Crippen molar-refractivity contribution in [2.24, 2.45) is 0 Å². The Bertz CT molecular complexity index is 271. The van der Waals surface area contributed by atoms with Gasteiger partial charge in [0.25, 0.3) is 0 Å². The van der Waals surface area contributed by atoms with E-state index in [-0.39, 0.29) is 10.7 Å². The number of hydrogen-bond acceptors (Lipinski definition) is 3. The highest BCUT2D eigenvalue weighted by molar-refractivity contribution is 8.01. The van der Waals surface area contributed by atoms with Crippen LogP contribution in [0.15, 0.2) is 0 Å². The van der Waals surface area contributed by atoms with Crippen LogP contribution in [0.4, 0.5) is 0 Å². The van der Waals surface area contributed by atoms with E-state index in [1.54, 1.807) is 11.8 Å². The summed E-state index contributed by atoms with van der Waals surface area (Å²) in [6.07, 6.45) is 2.39. The summed E-state index contributed by atoms with van der Waals surface area (Å²) >= 11 is 1.69. The molecule has 1 atom stereocenters. The maximum absolute atomic E-state index is 12.0. The number of carbonyl (C=O) groups is 1. The van der Waals surface area contributed by atoms with Crippen molar-refractivity contribution >= 4 is 17.7 Å². The number of aliphatic hydroxyl groups is 1. The summed E-state index contributed by atoms with van der Waals surface area (Å²) in [5.74, 6) is 0.758. The van der Waals surface area contributed by atoms with Gasteiger partial charge < -0.3 is 10.0 Å². The molecule has 1 amide bonds. The smallest absolute Gasteiger partial charge is 0.232 e. The number of likely N-dealkylation sites (tertiary alicyclic amines) is 1. The average molecular weight is 259 g/mol. The fourth-order valence-electron chi connectivity index (χ4n) is 1.88. The Kier molecular flexibility index (Phi) is 4.90. The summed E-state index contributed by atoms with van der Waals surface area (Å²) in [7, 11) is 0. The first-order valence-electron chi connectivity index (χ1n) is 6.34. The molecule has 0 aliphatic carbocycles. The van der Waals surface area contributed by atoms with Crippen LogP contribution in [-0.2, 0) is 4.79 Å². The van der Waals surface area contributed by atoms with E-state index in [0.29, 0.717) is 18.7 Å². The first-order chi connectivity index (χ1) is 7.70. The van der Waals surface area contributed by atoms with Crippen LogP contribution in [0.5, 0.6) is 0 Å². The maximum atomic E-state index is 12.0. The standard InChI is InChI=1S/C13H25NO2S/c1-12(2,3)17-10-11(15)14-8-5-6-13(4,16)7-9-14/h16H,5-10H2,1-4H3. The first-order valence-corrected chi connectivity index (χ1v) is 7.32. The van der Waals surface area contributed by atoms with Crippen molar-refractivity contribution in [1.29, 1.82) is 0 Å². The van der Waals surface area contributed by atoms with Crippen LogP contribution in [0.1, 0.15) is 47.0 Å². The predicted molar refractivity (Wildman–Crippen MR) is 73.3 cm³/mol. The monoisotopic (exact) mass is 259 g/mol. The Morgan fingerprint density at radius 3 is 2.59 bits per heavy atom. The van der Waals surface area contributed by atoms with E-state index in [1.165, 1.54) is 0 Å². The highest BCUT2D eigenvalue weighted by Crippen LogP contribution is 2.25. The van der Waals surface area contributed by atoms with Gasteiger partial charge >= 0.3 is 0 Å². The topological polar surface area (TPSA) is 40.5 Å². The molecule has 0 bridgehead atoms. The third kappa shape index (κ3) is 5.77. The van der Waals surface area contributed by atoms with Crippen LogP contribution in [0.3, 0.4) is 0 Å². The summed E-state index contributed by atoms with van der Waals surface area (Å²) < 4.78 is 0.132. The summed E-state index contributed by atoms with van der Waals surface area (Å²) in [4.78, 5) is 13.9. The van der Waals surface area contributed by atoms with E-state index < -0.39 is 5.60 Å². The van der Waals surface area contributed by atoms with Crippen molar-refractivity contribution in [2.75, 3.05) is 18.8 Å². The quantitative estimate of drug-likeness (QED) is 0.827. The summed E-state index contributed by atoms with van der Waals surface area (Å²) in [5, 5.41) is 9.97. The molecule has 3 nitrogen and oxygen atoms in total. The molecule has 4 heteroatoms. The Balaban J connectivity index is 2.42. The van der Waals surface area contributed by atoms with E-state index in [4.69, 9.17) is 0 Å². The lowest BCUT2D eigenvalue weighted by molar-refractivity contribution is -0.128. The number of nitrogens with zero attached hydrogens (tertiary/aromatic N) is 1. The van der Waals surface area contributed by atoms with E-state index in [2.05, 4.69) is 20.8 Å². The molecule has 1 heterocycles. The van der Waals surface area contributed by atoms with Crippen molar-refractivity contribution in [2.45, 2.75) is 57.3 Å². The number of amides is 1. The molecule has 0 aromatic heterocycles. The van der Waals surface area contributed by atoms with Crippen molar-refractivity contribution in [1.82, 2.24) is 4.90 Å². The second kappa shape index (κ2) is 5.61. The molecule has 1 aliphatic rings. The molecule has 0 aromatic carbocycles. The molecular formula is C13H25NO2S. The normalized spacial score (nSPS) is 26.8. The number of thioether (sulfide) groups is 1. The average Bonchev–Trinajstić information content (AvgIpc) is 2.35. The lowest BCUT2D eigenvalue weighted by Gasteiger charge is -2.24. The first kappa shape index (κ1) is 14.8. The van der Waals surface area contributed by atoms with Gasteiger partial charge in [-0.3, -0.25) is 4.79 Å². The molecule has 100 valence electrons. The largest absolute Gasteiger partial charge is 0.390 e. The van der Waals surface area contributed by atoms with Crippen molar-refractivity contribution < 1.29 is 9.90 Å². The Morgan fingerprint density at radius 2 is 2.00 bits per heavy atom. The molecular weight excluding hydrogens is 234 g/mol. The molecule has 0 aromatic rings. The van der Waals surface area contributed by atoms with Gasteiger partial charge in [0.05, 0.1) is 11.4 Å². The molecule has 17 heavy (non-hydrogen) atoms. The van der Waals surface area contributed by atoms with Gasteiger partial charge in [0.2, 0.25) is 5.91 Å². The van der Waals surface area contributed by atoms with Gasteiger partial charge in [0.1, 0.15) is 0 Å². The molecule has 1 aliphatic heterocycles. The molecule has 0 saturated carbocycles. The second-order valence-corrected chi connectivity index (χ2v) is 7.93. The van der Waals surface area contributed by atoms with Crippen molar-refractivity contribution in [3.8, 4) is 0 Å². The van der Waals surface area contributed by atoms with E-state index in [1.807, 2.05) is 11.8 Å². The minimum Gasteiger partial charge on any atom is -0.390 e. The third-order valence-electron chi connectivity index (χ3n) is 3.05. The minimum absolute atomic E-state index is 0.132. The number of carbonyl (C=O) groups excluding carboxylic acids is 1. The highest BCUT2D eigenvalue weighted by atomic mass is 32.2. The van der Waals surface area contributed by atoms with Gasteiger partial charge in [-0.2, -0.15) is 0 Å². The molecule has 1 rings (SSSR count). The zero-order chi connectivity index (χ0) is 13.1. The fraction of sp³-hybridized carbons (Fsp3) is 0.923. The van der Waals surface area contributed by atoms with Gasteiger partial charge in [-0.1, -0.05) is 20.8 Å². The van der Waals surface area contributed by atoms with Gasteiger partial charge in [-0.25, -0.2) is 0 Å². The van der Waals surface area contributed by atoms with Crippen molar-refractivity contribution in [3.63, 3.8) is 0 Å². The third-order valence-corrected chi connectivity index (χ3v) is 4.30. The highest BCUT2D eigenvalue weighted by Gasteiger charge is 2.27. The molecule has 1 N–H and O–H groups in total. The van der Waals surface area contributed by atoms with E-state index in [0.717, 1.165) is 19.4 Å². The minimum atomic E-state index is -0.591.